The lowest BCUT2D eigenvalue weighted by molar-refractivity contribution is 0.210. The second kappa shape index (κ2) is 8.66. The van der Waals surface area contributed by atoms with Gasteiger partial charge in [0.25, 0.3) is 0 Å². The highest BCUT2D eigenvalue weighted by atomic mass is 79.9. The van der Waals surface area contributed by atoms with Crippen LogP contribution in [-0.4, -0.2) is 24.5 Å². The Kier molecular flexibility index (Phi) is 6.54. The van der Waals surface area contributed by atoms with E-state index in [9.17, 15) is 0 Å². The van der Waals surface area contributed by atoms with Crippen LogP contribution in [0.5, 0.6) is 0 Å². The number of benzene rings is 2. The number of hydrogen-bond donors (Lipinski definition) is 0. The van der Waals surface area contributed by atoms with E-state index in [0.29, 0.717) is 0 Å². The fourth-order valence-electron chi connectivity index (χ4n) is 3.26. The van der Waals surface area contributed by atoms with Gasteiger partial charge in [0.2, 0.25) is 0 Å². The summed E-state index contributed by atoms with van der Waals surface area (Å²) < 4.78 is 2.20. The number of halogens is 2. The van der Waals surface area contributed by atoms with Crippen LogP contribution in [0.25, 0.3) is 16.7 Å². The highest BCUT2D eigenvalue weighted by molar-refractivity contribution is 9.11. The van der Waals surface area contributed by atoms with E-state index in [4.69, 9.17) is 0 Å². The summed E-state index contributed by atoms with van der Waals surface area (Å²) in [6.07, 6.45) is 5.05. The van der Waals surface area contributed by atoms with Gasteiger partial charge in [0.15, 0.2) is 0 Å². The highest BCUT2D eigenvalue weighted by Gasteiger charge is 2.14. The lowest BCUT2D eigenvalue weighted by Gasteiger charge is -2.29. The Morgan fingerprint density at radius 3 is 2.40 bits per heavy atom. The Balaban J connectivity index is 1.68. The van der Waals surface area contributed by atoms with Crippen LogP contribution in [0.3, 0.4) is 0 Å². The lowest BCUT2D eigenvalue weighted by Crippen LogP contribution is -2.32. The molecule has 0 amide bonds. The quantitative estimate of drug-likeness (QED) is 0.472. The highest BCUT2D eigenvalue weighted by Crippen LogP contribution is 2.31. The average molecular weight is 463 g/mol. The van der Waals surface area contributed by atoms with Crippen molar-refractivity contribution in [1.82, 2.24) is 4.90 Å². The summed E-state index contributed by atoms with van der Waals surface area (Å²) in [5.41, 5.74) is 5.13. The lowest BCUT2D eigenvalue weighted by atomic mass is 9.98. The molecule has 1 aliphatic rings. The molecule has 1 fully saturated rings. The van der Waals surface area contributed by atoms with E-state index in [2.05, 4.69) is 99.1 Å². The van der Waals surface area contributed by atoms with Crippen molar-refractivity contribution in [2.75, 3.05) is 19.6 Å². The van der Waals surface area contributed by atoms with Crippen molar-refractivity contribution in [3.05, 3.63) is 63.0 Å². The van der Waals surface area contributed by atoms with Crippen LogP contribution in [0.4, 0.5) is 0 Å². The normalized spacial score (nSPS) is 17.0. The van der Waals surface area contributed by atoms with Crippen molar-refractivity contribution in [3.8, 4) is 11.1 Å². The fraction of sp³-hybridized carbons (Fsp3) is 0.364. The number of hydrogen-bond acceptors (Lipinski definition) is 1. The average Bonchev–Trinajstić information content (AvgIpc) is 2.61. The first kappa shape index (κ1) is 18.9. The Morgan fingerprint density at radius 2 is 1.76 bits per heavy atom. The molecule has 1 aliphatic heterocycles. The van der Waals surface area contributed by atoms with Crippen molar-refractivity contribution in [2.24, 2.45) is 5.92 Å². The summed E-state index contributed by atoms with van der Waals surface area (Å²) in [6, 6.07) is 15.2. The minimum absolute atomic E-state index is 0.895. The van der Waals surface area contributed by atoms with E-state index in [-0.39, 0.29) is 0 Å². The first-order chi connectivity index (χ1) is 12.0. The van der Waals surface area contributed by atoms with Crippen LogP contribution >= 0.6 is 31.9 Å². The van der Waals surface area contributed by atoms with Gasteiger partial charge in [-0.3, -0.25) is 4.90 Å². The molecular weight excluding hydrogens is 438 g/mol. The number of piperidine rings is 1. The van der Waals surface area contributed by atoms with Crippen LogP contribution in [0.15, 0.2) is 57.5 Å². The summed E-state index contributed by atoms with van der Waals surface area (Å²) >= 11 is 7.17. The zero-order valence-corrected chi connectivity index (χ0v) is 18.1. The largest absolute Gasteiger partial charge is 0.300 e. The van der Waals surface area contributed by atoms with E-state index >= 15 is 0 Å². The monoisotopic (exact) mass is 461 g/mol. The molecule has 0 unspecified atom stereocenters. The summed E-state index contributed by atoms with van der Waals surface area (Å²) in [5.74, 6) is 0.895. The van der Waals surface area contributed by atoms with Gasteiger partial charge in [0.05, 0.1) is 0 Å². The van der Waals surface area contributed by atoms with Gasteiger partial charge < -0.3 is 0 Å². The van der Waals surface area contributed by atoms with Crippen LogP contribution in [0.2, 0.25) is 0 Å². The molecule has 0 bridgehead atoms. The molecule has 1 heterocycles. The number of rotatable bonds is 4. The van der Waals surface area contributed by atoms with Crippen molar-refractivity contribution in [3.63, 3.8) is 0 Å². The zero-order valence-electron chi connectivity index (χ0n) is 14.9. The molecule has 0 spiro atoms. The fourth-order valence-corrected chi connectivity index (χ4v) is 4.54. The number of allylic oxidation sites excluding steroid dienone is 1. The molecule has 0 saturated carbocycles. The van der Waals surface area contributed by atoms with Crippen molar-refractivity contribution in [2.45, 2.75) is 26.7 Å². The molecule has 2 aromatic rings. The summed E-state index contributed by atoms with van der Waals surface area (Å²) in [7, 11) is 0. The third kappa shape index (κ3) is 5.06. The van der Waals surface area contributed by atoms with Crippen molar-refractivity contribution in [1.29, 1.82) is 0 Å². The smallest absolute Gasteiger partial charge is 0.0264 e. The Hall–Kier alpha value is -0.900. The van der Waals surface area contributed by atoms with Gasteiger partial charge in [0, 0.05) is 15.5 Å². The van der Waals surface area contributed by atoms with Crippen molar-refractivity contribution >= 4 is 37.4 Å². The predicted molar refractivity (Wildman–Crippen MR) is 116 cm³/mol. The molecule has 0 aliphatic carbocycles. The van der Waals surface area contributed by atoms with Gasteiger partial charge in [-0.05, 0) is 73.2 Å². The molecule has 1 saturated heterocycles. The molecule has 3 heteroatoms. The third-order valence-corrected chi connectivity index (χ3v) is 6.26. The Morgan fingerprint density at radius 1 is 1.08 bits per heavy atom. The van der Waals surface area contributed by atoms with Crippen molar-refractivity contribution < 1.29 is 0 Å². The molecule has 132 valence electrons. The van der Waals surface area contributed by atoms with Gasteiger partial charge >= 0.3 is 0 Å². The Bertz CT molecular complexity index is 741. The topological polar surface area (TPSA) is 3.24 Å². The number of likely N-dealkylation sites (tertiary alicyclic amines) is 1. The second-order valence-corrected chi connectivity index (χ2v) is 8.84. The maximum Gasteiger partial charge on any atom is 0.0264 e. The third-order valence-electron chi connectivity index (χ3n) is 5.11. The van der Waals surface area contributed by atoms with Gasteiger partial charge in [-0.2, -0.15) is 0 Å². The molecule has 25 heavy (non-hydrogen) atoms. The van der Waals surface area contributed by atoms with E-state index in [1.807, 2.05) is 0 Å². The van der Waals surface area contributed by atoms with Crippen LogP contribution < -0.4 is 0 Å². The predicted octanol–water partition coefficient (Wildman–Crippen LogP) is 7.01. The summed E-state index contributed by atoms with van der Waals surface area (Å²) in [4.78, 5) is 2.57. The molecule has 2 aromatic carbocycles. The minimum atomic E-state index is 0.895. The number of nitrogens with zero attached hydrogens (tertiary/aromatic N) is 1. The molecule has 1 nitrogen and oxygen atoms in total. The molecule has 0 N–H and O–H groups in total. The standard InChI is InChI=1S/C22H25Br2N/c1-16-9-12-25(13-10-16)14-11-17(2)18-3-5-19(6-4-18)21-8-7-20(23)15-22(21)24/h3-8,11,15-16H,9-10,12-14H2,1-2H3/b17-11-. The first-order valence-corrected chi connectivity index (χ1v) is 10.6. The molecule has 3 rings (SSSR count). The van der Waals surface area contributed by atoms with E-state index < -0.39 is 0 Å². The minimum Gasteiger partial charge on any atom is -0.300 e. The molecule has 0 aromatic heterocycles. The van der Waals surface area contributed by atoms with Crippen LogP contribution in [-0.2, 0) is 0 Å². The van der Waals surface area contributed by atoms with Gasteiger partial charge in [0.1, 0.15) is 0 Å². The zero-order chi connectivity index (χ0) is 17.8. The van der Waals surface area contributed by atoms with E-state index in [1.165, 1.54) is 48.2 Å². The van der Waals surface area contributed by atoms with Gasteiger partial charge in [-0.1, -0.05) is 75.2 Å². The van der Waals surface area contributed by atoms with E-state index in [1.54, 1.807) is 0 Å². The molecule has 0 atom stereocenters. The van der Waals surface area contributed by atoms with E-state index in [0.717, 1.165) is 21.4 Å². The van der Waals surface area contributed by atoms with Gasteiger partial charge in [-0.25, -0.2) is 0 Å². The Labute approximate surface area is 168 Å². The molecular formula is C22H25Br2N. The SMILES string of the molecule is C/C(=C/CN1CCC(C)CC1)c1ccc(-c2ccc(Br)cc2Br)cc1. The maximum absolute atomic E-state index is 3.66. The summed E-state index contributed by atoms with van der Waals surface area (Å²) in [6.45, 7) is 8.13. The van der Waals surface area contributed by atoms with Gasteiger partial charge in [-0.15, -0.1) is 0 Å². The molecule has 0 radical (unpaired) electrons. The maximum atomic E-state index is 3.66. The van der Waals surface area contributed by atoms with Crippen LogP contribution in [0.1, 0.15) is 32.3 Å². The first-order valence-electron chi connectivity index (χ1n) is 8.98. The second-order valence-electron chi connectivity index (χ2n) is 7.07. The van der Waals surface area contributed by atoms with Crippen LogP contribution in [0, 0.1) is 5.92 Å². The summed E-state index contributed by atoms with van der Waals surface area (Å²) in [5, 5.41) is 0.